The summed E-state index contributed by atoms with van der Waals surface area (Å²) in [6.07, 6.45) is 1.78. The molecule has 21 heavy (non-hydrogen) atoms. The van der Waals surface area contributed by atoms with E-state index in [4.69, 9.17) is 17.3 Å². The van der Waals surface area contributed by atoms with Crippen LogP contribution in [0, 0.1) is 0 Å². The Hall–Kier alpha value is -1.07. The summed E-state index contributed by atoms with van der Waals surface area (Å²) in [5.41, 5.74) is 6.52. The molecule has 2 rings (SSSR count). The van der Waals surface area contributed by atoms with Crippen molar-refractivity contribution in [1.29, 1.82) is 0 Å². The number of carbonyl (C=O) groups excluding carboxylic acids is 1. The van der Waals surface area contributed by atoms with E-state index in [1.54, 1.807) is 18.2 Å². The number of unbranched alkanes of at least 4 members (excludes halogenated alkanes) is 1. The molecule has 0 fully saturated rings. The van der Waals surface area contributed by atoms with Crippen molar-refractivity contribution in [3.05, 3.63) is 41.0 Å². The predicted octanol–water partition coefficient (Wildman–Crippen LogP) is 3.20. The Kier molecular flexibility index (Phi) is 9.29. The quantitative estimate of drug-likeness (QED) is 0.814. The Bertz CT molecular complexity index is 593. The molecule has 0 saturated heterocycles. The van der Waals surface area contributed by atoms with Gasteiger partial charge >= 0.3 is 0 Å². The molecule has 0 unspecified atom stereocenters. The van der Waals surface area contributed by atoms with Gasteiger partial charge in [0.1, 0.15) is 5.69 Å². The number of benzene rings is 1. The highest BCUT2D eigenvalue weighted by Crippen LogP contribution is 2.17. The fraction of sp³-hybridized carbons (Fsp3) is 0.286. The third-order valence-electron chi connectivity index (χ3n) is 2.80. The van der Waals surface area contributed by atoms with Gasteiger partial charge in [-0.25, -0.2) is 4.98 Å². The molecule has 0 spiro atoms. The molecule has 0 radical (unpaired) electrons. The Morgan fingerprint density at radius 2 is 1.90 bits per heavy atom. The molecule has 1 aromatic carbocycles. The van der Waals surface area contributed by atoms with Crippen molar-refractivity contribution in [3.63, 3.8) is 0 Å². The van der Waals surface area contributed by atoms with Crippen molar-refractivity contribution in [3.8, 4) is 0 Å². The molecular weight excluding hydrogens is 333 g/mol. The van der Waals surface area contributed by atoms with E-state index in [0.717, 1.165) is 23.7 Å². The normalized spacial score (nSPS) is 9.62. The molecular formula is C14H18Cl3N3O. The van der Waals surface area contributed by atoms with E-state index >= 15 is 0 Å². The van der Waals surface area contributed by atoms with Crippen LogP contribution in [0.2, 0.25) is 5.02 Å². The van der Waals surface area contributed by atoms with Gasteiger partial charge < -0.3 is 11.1 Å². The molecule has 0 aliphatic heterocycles. The van der Waals surface area contributed by atoms with Gasteiger partial charge in [-0.1, -0.05) is 23.7 Å². The summed E-state index contributed by atoms with van der Waals surface area (Å²) < 4.78 is 0. The standard InChI is InChI=1S/C14H16ClN3O.2ClH/c15-11-5-3-10-4-6-12(18-13(10)9-11)14(19)17-8-2-1-7-16;;/h3-6,9H,1-2,7-8,16H2,(H,17,19);2*1H. The number of hydrogen-bond acceptors (Lipinski definition) is 3. The largest absolute Gasteiger partial charge is 0.351 e. The maximum Gasteiger partial charge on any atom is 0.269 e. The maximum atomic E-state index is 11.9. The molecule has 0 bridgehead atoms. The van der Waals surface area contributed by atoms with E-state index in [9.17, 15) is 4.79 Å². The molecule has 1 heterocycles. The zero-order chi connectivity index (χ0) is 13.7. The van der Waals surface area contributed by atoms with E-state index < -0.39 is 0 Å². The maximum absolute atomic E-state index is 11.9. The molecule has 0 aliphatic rings. The number of aromatic nitrogens is 1. The number of hydrogen-bond donors (Lipinski definition) is 2. The van der Waals surface area contributed by atoms with E-state index in [2.05, 4.69) is 10.3 Å². The van der Waals surface area contributed by atoms with E-state index in [-0.39, 0.29) is 30.7 Å². The molecule has 2 aromatic rings. The molecule has 4 nitrogen and oxygen atoms in total. The van der Waals surface area contributed by atoms with Crippen LogP contribution in [-0.4, -0.2) is 24.0 Å². The monoisotopic (exact) mass is 349 g/mol. The lowest BCUT2D eigenvalue weighted by Crippen LogP contribution is -2.25. The van der Waals surface area contributed by atoms with Crippen LogP contribution in [0.4, 0.5) is 0 Å². The van der Waals surface area contributed by atoms with Crippen LogP contribution in [0.15, 0.2) is 30.3 Å². The Morgan fingerprint density at radius 3 is 2.62 bits per heavy atom. The van der Waals surface area contributed by atoms with Gasteiger partial charge in [0, 0.05) is 17.0 Å². The van der Waals surface area contributed by atoms with E-state index in [1.807, 2.05) is 12.1 Å². The molecule has 0 aliphatic carbocycles. The van der Waals surface area contributed by atoms with Crippen LogP contribution < -0.4 is 11.1 Å². The molecule has 0 atom stereocenters. The number of nitrogens with one attached hydrogen (secondary N) is 1. The van der Waals surface area contributed by atoms with Crippen molar-refractivity contribution < 1.29 is 4.79 Å². The number of nitrogens with zero attached hydrogens (tertiary/aromatic N) is 1. The number of carbonyl (C=O) groups is 1. The van der Waals surface area contributed by atoms with Gasteiger partial charge in [0.15, 0.2) is 0 Å². The van der Waals surface area contributed by atoms with Gasteiger partial charge in [-0.15, -0.1) is 24.8 Å². The Balaban J connectivity index is 0.00000200. The first-order valence-corrected chi connectivity index (χ1v) is 6.63. The lowest BCUT2D eigenvalue weighted by molar-refractivity contribution is 0.0948. The van der Waals surface area contributed by atoms with Gasteiger partial charge in [0.25, 0.3) is 5.91 Å². The first kappa shape index (κ1) is 19.9. The third-order valence-corrected chi connectivity index (χ3v) is 3.04. The first-order valence-electron chi connectivity index (χ1n) is 6.25. The summed E-state index contributed by atoms with van der Waals surface area (Å²) in [4.78, 5) is 16.2. The highest BCUT2D eigenvalue weighted by molar-refractivity contribution is 6.31. The van der Waals surface area contributed by atoms with E-state index in [0.29, 0.717) is 23.8 Å². The second-order valence-corrected chi connectivity index (χ2v) is 4.72. The minimum absolute atomic E-state index is 0. The summed E-state index contributed by atoms with van der Waals surface area (Å²) in [5.74, 6) is -0.168. The zero-order valence-electron chi connectivity index (χ0n) is 11.3. The van der Waals surface area contributed by atoms with Crippen molar-refractivity contribution in [2.75, 3.05) is 13.1 Å². The Labute approximate surface area is 141 Å². The van der Waals surface area contributed by atoms with Crippen molar-refractivity contribution in [2.24, 2.45) is 5.73 Å². The Morgan fingerprint density at radius 1 is 1.19 bits per heavy atom. The summed E-state index contributed by atoms with van der Waals surface area (Å²) in [7, 11) is 0. The predicted molar refractivity (Wildman–Crippen MR) is 91.9 cm³/mol. The minimum Gasteiger partial charge on any atom is -0.351 e. The molecule has 7 heteroatoms. The fourth-order valence-electron chi connectivity index (χ4n) is 1.78. The number of amides is 1. The van der Waals surface area contributed by atoms with E-state index in [1.165, 1.54) is 0 Å². The summed E-state index contributed by atoms with van der Waals surface area (Å²) >= 11 is 5.92. The molecule has 1 amide bonds. The second-order valence-electron chi connectivity index (χ2n) is 4.29. The number of fused-ring (bicyclic) bond motifs is 1. The first-order chi connectivity index (χ1) is 9.20. The van der Waals surface area contributed by atoms with Crippen LogP contribution in [0.5, 0.6) is 0 Å². The third kappa shape index (κ3) is 5.67. The number of nitrogens with two attached hydrogens (primary N) is 1. The van der Waals surface area contributed by atoms with Crippen LogP contribution in [-0.2, 0) is 0 Å². The number of halogens is 3. The highest BCUT2D eigenvalue weighted by atomic mass is 35.5. The van der Waals surface area contributed by atoms with Crippen LogP contribution >= 0.6 is 36.4 Å². The molecule has 1 aromatic heterocycles. The summed E-state index contributed by atoms with van der Waals surface area (Å²) in [5, 5.41) is 4.40. The van der Waals surface area contributed by atoms with Gasteiger partial charge in [-0.3, -0.25) is 4.79 Å². The van der Waals surface area contributed by atoms with Crippen LogP contribution in [0.3, 0.4) is 0 Å². The lowest BCUT2D eigenvalue weighted by atomic mass is 10.2. The summed E-state index contributed by atoms with van der Waals surface area (Å²) in [6, 6.07) is 9.02. The van der Waals surface area contributed by atoms with Gasteiger partial charge in [0.2, 0.25) is 0 Å². The summed E-state index contributed by atoms with van der Waals surface area (Å²) in [6.45, 7) is 1.26. The van der Waals surface area contributed by atoms with Crippen molar-refractivity contribution in [1.82, 2.24) is 10.3 Å². The lowest BCUT2D eigenvalue weighted by Gasteiger charge is -2.05. The van der Waals surface area contributed by atoms with Crippen molar-refractivity contribution >= 4 is 53.2 Å². The SMILES string of the molecule is Cl.Cl.NCCCCNC(=O)c1ccc2ccc(Cl)cc2n1. The fourth-order valence-corrected chi connectivity index (χ4v) is 1.94. The average Bonchev–Trinajstić information content (AvgIpc) is 2.42. The molecule has 116 valence electrons. The zero-order valence-corrected chi connectivity index (χ0v) is 13.7. The van der Waals surface area contributed by atoms with Crippen LogP contribution in [0.25, 0.3) is 10.9 Å². The molecule has 3 N–H and O–H groups in total. The minimum atomic E-state index is -0.168. The second kappa shape index (κ2) is 9.79. The van der Waals surface area contributed by atoms with Gasteiger partial charge in [-0.2, -0.15) is 0 Å². The average molecular weight is 351 g/mol. The van der Waals surface area contributed by atoms with Crippen molar-refractivity contribution in [2.45, 2.75) is 12.8 Å². The molecule has 0 saturated carbocycles. The number of pyridine rings is 1. The van der Waals surface area contributed by atoms with Gasteiger partial charge in [0.05, 0.1) is 5.52 Å². The topological polar surface area (TPSA) is 68.0 Å². The smallest absolute Gasteiger partial charge is 0.269 e. The van der Waals surface area contributed by atoms with Gasteiger partial charge in [-0.05, 0) is 37.6 Å². The highest BCUT2D eigenvalue weighted by Gasteiger charge is 2.07. The van der Waals surface area contributed by atoms with Crippen LogP contribution in [0.1, 0.15) is 23.3 Å². The number of rotatable bonds is 5.